The molecule has 0 fully saturated rings. The Morgan fingerprint density at radius 3 is 1.83 bits per heavy atom. The molecule has 190 valence electrons. The van der Waals surface area contributed by atoms with Crippen LogP contribution >= 0.6 is 0 Å². The number of carbonyl (C=O) groups excluding carboxylic acids is 2. The summed E-state index contributed by atoms with van der Waals surface area (Å²) in [7, 11) is 3.06. The molecule has 35 heavy (non-hydrogen) atoms. The van der Waals surface area contributed by atoms with Gasteiger partial charge in [-0.2, -0.15) is 0 Å². The summed E-state index contributed by atoms with van der Waals surface area (Å²) in [6.07, 6.45) is -1.15. The van der Waals surface area contributed by atoms with E-state index in [0.29, 0.717) is 22.6 Å². The SMILES string of the molecule is C=C(C)C(=O)OC(COC)COc1ccc2ccc(OCC(COC)OC(=O)C(=C)C)c(C)c2c1. The van der Waals surface area contributed by atoms with Crippen LogP contribution in [0.15, 0.2) is 54.6 Å². The highest BCUT2D eigenvalue weighted by Gasteiger charge is 2.18. The Morgan fingerprint density at radius 2 is 1.31 bits per heavy atom. The van der Waals surface area contributed by atoms with Gasteiger partial charge in [0.1, 0.15) is 24.7 Å². The first-order valence-corrected chi connectivity index (χ1v) is 11.2. The van der Waals surface area contributed by atoms with Gasteiger partial charge in [0.2, 0.25) is 0 Å². The second-order valence-electron chi connectivity index (χ2n) is 8.22. The number of benzene rings is 2. The van der Waals surface area contributed by atoms with Gasteiger partial charge in [0.05, 0.1) is 13.2 Å². The third-order valence-electron chi connectivity index (χ3n) is 5.02. The zero-order valence-electron chi connectivity index (χ0n) is 21.1. The Kier molecular flexibility index (Phi) is 10.8. The zero-order chi connectivity index (χ0) is 26.0. The van der Waals surface area contributed by atoms with Gasteiger partial charge >= 0.3 is 11.9 Å². The van der Waals surface area contributed by atoms with Crippen LogP contribution in [-0.2, 0) is 28.5 Å². The minimum Gasteiger partial charge on any atom is -0.490 e. The van der Waals surface area contributed by atoms with Crippen LogP contribution in [0.3, 0.4) is 0 Å². The predicted octanol–water partition coefficient (Wildman–Crippen LogP) is 4.17. The Balaban J connectivity index is 2.13. The van der Waals surface area contributed by atoms with Gasteiger partial charge in [0.15, 0.2) is 12.2 Å². The van der Waals surface area contributed by atoms with Crippen molar-refractivity contribution in [3.8, 4) is 11.5 Å². The lowest BCUT2D eigenvalue weighted by Gasteiger charge is -2.20. The van der Waals surface area contributed by atoms with Gasteiger partial charge in [-0.3, -0.25) is 0 Å². The van der Waals surface area contributed by atoms with Crippen molar-refractivity contribution < 1.29 is 38.0 Å². The maximum absolute atomic E-state index is 11.9. The number of methoxy groups -OCH3 is 2. The maximum Gasteiger partial charge on any atom is 0.333 e. The van der Waals surface area contributed by atoms with Gasteiger partial charge < -0.3 is 28.4 Å². The van der Waals surface area contributed by atoms with Crippen LogP contribution in [0.5, 0.6) is 11.5 Å². The first-order valence-electron chi connectivity index (χ1n) is 11.2. The van der Waals surface area contributed by atoms with E-state index >= 15 is 0 Å². The van der Waals surface area contributed by atoms with Crippen LogP contribution in [0.2, 0.25) is 0 Å². The van der Waals surface area contributed by atoms with E-state index in [0.717, 1.165) is 16.3 Å². The number of hydrogen-bond acceptors (Lipinski definition) is 8. The van der Waals surface area contributed by atoms with Crippen molar-refractivity contribution in [1.82, 2.24) is 0 Å². The van der Waals surface area contributed by atoms with E-state index in [1.165, 1.54) is 14.2 Å². The number of ether oxygens (including phenoxy) is 6. The lowest BCUT2D eigenvalue weighted by atomic mass is 10.0. The van der Waals surface area contributed by atoms with Crippen molar-refractivity contribution in [2.24, 2.45) is 0 Å². The summed E-state index contributed by atoms with van der Waals surface area (Å²) >= 11 is 0. The number of esters is 2. The predicted molar refractivity (Wildman–Crippen MR) is 133 cm³/mol. The van der Waals surface area contributed by atoms with E-state index in [4.69, 9.17) is 28.4 Å². The summed E-state index contributed by atoms with van der Waals surface area (Å²) in [5, 5.41) is 1.94. The fraction of sp³-hybridized carbons (Fsp3) is 0.407. The molecule has 0 radical (unpaired) electrons. The Hall–Kier alpha value is -3.36. The Morgan fingerprint density at radius 1 is 0.800 bits per heavy atom. The summed E-state index contributed by atoms with van der Waals surface area (Å²) in [6, 6.07) is 9.49. The summed E-state index contributed by atoms with van der Waals surface area (Å²) in [5.41, 5.74) is 1.52. The molecule has 0 aromatic heterocycles. The van der Waals surface area contributed by atoms with Crippen LogP contribution in [0.4, 0.5) is 0 Å². The van der Waals surface area contributed by atoms with Gasteiger partial charge in [-0.05, 0) is 55.3 Å². The van der Waals surface area contributed by atoms with Crippen molar-refractivity contribution in [3.05, 3.63) is 60.2 Å². The standard InChI is InChI=1S/C27H34O8/c1-17(2)26(28)34-22(13-30-6)15-32-21-10-8-20-9-11-25(19(5)24(20)12-21)33-16-23(14-31-7)35-27(29)18(3)4/h8-12,22-23H,1,3,13-16H2,2,4-7H3. The largest absolute Gasteiger partial charge is 0.490 e. The minimum absolute atomic E-state index is 0.125. The van der Waals surface area contributed by atoms with Crippen LogP contribution < -0.4 is 9.47 Å². The smallest absolute Gasteiger partial charge is 0.333 e. The average molecular weight is 487 g/mol. The molecule has 0 aliphatic rings. The topological polar surface area (TPSA) is 89.5 Å². The van der Waals surface area contributed by atoms with Gasteiger partial charge in [-0.1, -0.05) is 25.3 Å². The molecule has 2 aromatic rings. The number of rotatable bonds is 14. The molecular weight excluding hydrogens is 452 g/mol. The van der Waals surface area contributed by atoms with Crippen molar-refractivity contribution in [2.75, 3.05) is 40.6 Å². The van der Waals surface area contributed by atoms with E-state index in [1.54, 1.807) is 13.8 Å². The highest BCUT2D eigenvalue weighted by molar-refractivity contribution is 5.89. The Labute approximate surface area is 206 Å². The van der Waals surface area contributed by atoms with Crippen LogP contribution in [0, 0.1) is 6.92 Å². The van der Waals surface area contributed by atoms with Crippen molar-refractivity contribution >= 4 is 22.7 Å². The molecule has 2 unspecified atom stereocenters. The second kappa shape index (κ2) is 13.5. The Bertz CT molecular complexity index is 1050. The number of carbonyl (C=O) groups is 2. The van der Waals surface area contributed by atoms with Crippen molar-refractivity contribution in [1.29, 1.82) is 0 Å². The number of aryl methyl sites for hydroxylation is 1. The highest BCUT2D eigenvalue weighted by Crippen LogP contribution is 2.30. The second-order valence-corrected chi connectivity index (χ2v) is 8.22. The molecule has 0 spiro atoms. The van der Waals surface area contributed by atoms with E-state index in [2.05, 4.69) is 13.2 Å². The van der Waals surface area contributed by atoms with Crippen molar-refractivity contribution in [3.63, 3.8) is 0 Å². The number of hydrogen-bond donors (Lipinski definition) is 0. The summed E-state index contributed by atoms with van der Waals surface area (Å²) in [6.45, 7) is 12.9. The number of fused-ring (bicyclic) bond motifs is 1. The molecule has 2 rings (SSSR count). The third-order valence-corrected chi connectivity index (χ3v) is 5.02. The summed E-state index contributed by atoms with van der Waals surface area (Å²) in [5.74, 6) is 0.272. The quantitative estimate of drug-likeness (QED) is 0.290. The fourth-order valence-corrected chi connectivity index (χ4v) is 3.15. The van der Waals surface area contributed by atoms with Gasteiger partial charge in [-0.15, -0.1) is 0 Å². The fourth-order valence-electron chi connectivity index (χ4n) is 3.15. The average Bonchev–Trinajstić information content (AvgIpc) is 2.82. The van der Waals surface area contributed by atoms with E-state index in [9.17, 15) is 9.59 Å². The van der Waals surface area contributed by atoms with Crippen LogP contribution in [0.25, 0.3) is 10.8 Å². The molecule has 2 atom stereocenters. The molecule has 0 amide bonds. The normalized spacial score (nSPS) is 12.5. The van der Waals surface area contributed by atoms with E-state index in [-0.39, 0.29) is 26.4 Å². The first-order chi connectivity index (χ1) is 16.7. The molecule has 0 N–H and O–H groups in total. The van der Waals surface area contributed by atoms with E-state index < -0.39 is 24.1 Å². The molecule has 8 heteroatoms. The summed E-state index contributed by atoms with van der Waals surface area (Å²) in [4.78, 5) is 23.7. The molecule has 0 aliphatic carbocycles. The van der Waals surface area contributed by atoms with Crippen molar-refractivity contribution in [2.45, 2.75) is 33.0 Å². The molecule has 0 saturated heterocycles. The highest BCUT2D eigenvalue weighted by atomic mass is 16.6. The van der Waals surface area contributed by atoms with Crippen LogP contribution in [-0.4, -0.2) is 64.8 Å². The van der Waals surface area contributed by atoms with E-state index in [1.807, 2.05) is 37.3 Å². The molecule has 0 aliphatic heterocycles. The molecule has 2 aromatic carbocycles. The minimum atomic E-state index is -0.575. The third kappa shape index (κ3) is 8.42. The molecule has 0 saturated carbocycles. The zero-order valence-corrected chi connectivity index (χ0v) is 21.1. The lowest BCUT2D eigenvalue weighted by Crippen LogP contribution is -2.29. The van der Waals surface area contributed by atoms with Gasteiger partial charge in [-0.25, -0.2) is 9.59 Å². The van der Waals surface area contributed by atoms with Gasteiger partial charge in [0, 0.05) is 25.4 Å². The molecule has 8 nitrogen and oxygen atoms in total. The monoisotopic (exact) mass is 486 g/mol. The summed E-state index contributed by atoms with van der Waals surface area (Å²) < 4.78 is 32.9. The first kappa shape index (κ1) is 27.9. The molecular formula is C27H34O8. The molecule has 0 bridgehead atoms. The maximum atomic E-state index is 11.9. The molecule has 0 heterocycles. The lowest BCUT2D eigenvalue weighted by molar-refractivity contribution is -0.149. The van der Waals surface area contributed by atoms with Gasteiger partial charge in [0.25, 0.3) is 0 Å². The van der Waals surface area contributed by atoms with Crippen LogP contribution in [0.1, 0.15) is 19.4 Å².